The van der Waals surface area contributed by atoms with E-state index in [0.29, 0.717) is 11.6 Å². The first kappa shape index (κ1) is 14.5. The molecule has 0 spiro atoms. The lowest BCUT2D eigenvalue weighted by Crippen LogP contribution is -2.53. The Balaban J connectivity index is 1.71. The summed E-state index contributed by atoms with van der Waals surface area (Å²) in [6.07, 6.45) is 7.00. The first-order valence-corrected chi connectivity index (χ1v) is 7.81. The molecule has 3 rings (SSSR count). The Morgan fingerprint density at radius 2 is 2.33 bits per heavy atom. The van der Waals surface area contributed by atoms with Crippen LogP contribution in [-0.2, 0) is 6.54 Å². The molecule has 0 aromatic carbocycles. The quantitative estimate of drug-likeness (QED) is 0.581. The second-order valence-corrected chi connectivity index (χ2v) is 6.46. The van der Waals surface area contributed by atoms with Crippen molar-refractivity contribution in [3.8, 4) is 0 Å². The molecule has 1 aromatic heterocycles. The highest BCUT2D eigenvalue weighted by molar-refractivity contribution is 5.94. The normalized spacial score (nSPS) is 29.9. The van der Waals surface area contributed by atoms with E-state index in [1.807, 2.05) is 12.1 Å². The van der Waals surface area contributed by atoms with Crippen molar-refractivity contribution >= 4 is 5.84 Å². The molecule has 2 atom stereocenters. The molecule has 1 saturated heterocycles. The monoisotopic (exact) mass is 288 g/mol. The molecule has 2 unspecified atom stereocenters. The Labute approximate surface area is 125 Å². The minimum absolute atomic E-state index is 0.0248. The maximum Gasteiger partial charge on any atom is 0.142 e. The van der Waals surface area contributed by atoms with Gasteiger partial charge in [0, 0.05) is 31.7 Å². The average Bonchev–Trinajstić information content (AvgIpc) is 2.48. The number of nitrogen functional groups attached to an aromatic ring is 1. The van der Waals surface area contributed by atoms with Gasteiger partial charge >= 0.3 is 0 Å². The third-order valence-corrected chi connectivity index (χ3v) is 5.05. The highest BCUT2D eigenvalue weighted by atomic mass is 16.3. The van der Waals surface area contributed by atoms with Gasteiger partial charge in [0.2, 0.25) is 0 Å². The van der Waals surface area contributed by atoms with Crippen LogP contribution in [0.4, 0.5) is 0 Å². The number of nitrogens with zero attached hydrogens (tertiary/aromatic N) is 2. The van der Waals surface area contributed by atoms with Gasteiger partial charge in [0.05, 0.1) is 5.60 Å². The summed E-state index contributed by atoms with van der Waals surface area (Å²) in [5.74, 6) is 0.411. The van der Waals surface area contributed by atoms with Crippen LogP contribution in [0, 0.1) is 11.3 Å². The van der Waals surface area contributed by atoms with Gasteiger partial charge in [-0.05, 0) is 30.9 Å². The number of fused-ring (bicyclic) bond motifs is 1. The number of aliphatic hydroxyl groups is 1. The Bertz CT molecular complexity index is 533. The number of hydrogen-bond acceptors (Lipinski definition) is 4. The van der Waals surface area contributed by atoms with E-state index < -0.39 is 5.60 Å². The Morgan fingerprint density at radius 3 is 3.14 bits per heavy atom. The van der Waals surface area contributed by atoms with Crippen molar-refractivity contribution in [3.05, 3.63) is 29.6 Å². The molecule has 1 aliphatic heterocycles. The van der Waals surface area contributed by atoms with Crippen molar-refractivity contribution in [2.45, 2.75) is 44.2 Å². The predicted molar refractivity (Wildman–Crippen MR) is 82.1 cm³/mol. The highest BCUT2D eigenvalue weighted by Crippen LogP contribution is 2.40. The molecule has 2 aliphatic rings. The van der Waals surface area contributed by atoms with Crippen LogP contribution >= 0.6 is 0 Å². The van der Waals surface area contributed by atoms with Crippen molar-refractivity contribution in [1.82, 2.24) is 9.88 Å². The first-order chi connectivity index (χ1) is 10.1. The van der Waals surface area contributed by atoms with Gasteiger partial charge < -0.3 is 10.8 Å². The summed E-state index contributed by atoms with van der Waals surface area (Å²) in [6, 6.07) is 3.88. The Kier molecular flexibility index (Phi) is 3.95. The van der Waals surface area contributed by atoms with E-state index in [4.69, 9.17) is 11.1 Å². The molecule has 0 bridgehead atoms. The van der Waals surface area contributed by atoms with E-state index in [2.05, 4.69) is 9.88 Å². The Hall–Kier alpha value is -1.46. The smallest absolute Gasteiger partial charge is 0.142 e. The zero-order valence-electron chi connectivity index (χ0n) is 12.4. The molecule has 1 aromatic rings. The lowest BCUT2D eigenvalue weighted by molar-refractivity contribution is -0.0968. The molecule has 1 saturated carbocycles. The number of pyridine rings is 1. The van der Waals surface area contributed by atoms with Gasteiger partial charge in [0.15, 0.2) is 0 Å². The number of nitrogens with two attached hydrogens (primary N) is 1. The standard InChI is InChI=1S/C16H24N4O/c17-15(18)14-12(4-3-8-19-14)10-20-9-7-16(21)6-2-1-5-13(16)11-20/h3-4,8,13,21H,1-2,5-7,9-11H2,(H3,17,18). The van der Waals surface area contributed by atoms with Crippen LogP contribution in [0.1, 0.15) is 43.4 Å². The van der Waals surface area contributed by atoms with Crippen molar-refractivity contribution in [2.75, 3.05) is 13.1 Å². The molecule has 2 fully saturated rings. The fourth-order valence-corrected chi connectivity index (χ4v) is 3.83. The van der Waals surface area contributed by atoms with Crippen LogP contribution in [0.15, 0.2) is 18.3 Å². The summed E-state index contributed by atoms with van der Waals surface area (Å²) in [6.45, 7) is 2.59. The van der Waals surface area contributed by atoms with Gasteiger partial charge in [-0.2, -0.15) is 0 Å². The second-order valence-electron chi connectivity index (χ2n) is 6.46. The molecule has 0 amide bonds. The molecule has 114 valence electrons. The van der Waals surface area contributed by atoms with Crippen LogP contribution in [0.3, 0.4) is 0 Å². The van der Waals surface area contributed by atoms with E-state index >= 15 is 0 Å². The van der Waals surface area contributed by atoms with Crippen molar-refractivity contribution in [1.29, 1.82) is 5.41 Å². The molecule has 2 heterocycles. The van der Waals surface area contributed by atoms with E-state index in [9.17, 15) is 5.11 Å². The lowest BCUT2D eigenvalue weighted by Gasteiger charge is -2.47. The zero-order chi connectivity index (χ0) is 14.9. The molecular weight excluding hydrogens is 264 g/mol. The highest BCUT2D eigenvalue weighted by Gasteiger charge is 2.42. The van der Waals surface area contributed by atoms with Gasteiger partial charge in [-0.1, -0.05) is 18.9 Å². The van der Waals surface area contributed by atoms with Crippen LogP contribution in [0.2, 0.25) is 0 Å². The van der Waals surface area contributed by atoms with Crippen molar-refractivity contribution < 1.29 is 5.11 Å². The van der Waals surface area contributed by atoms with Crippen LogP contribution in [0.5, 0.6) is 0 Å². The summed E-state index contributed by atoms with van der Waals surface area (Å²) < 4.78 is 0. The topological polar surface area (TPSA) is 86.2 Å². The van der Waals surface area contributed by atoms with Crippen LogP contribution in [-0.4, -0.2) is 39.5 Å². The van der Waals surface area contributed by atoms with Gasteiger partial charge in [0.1, 0.15) is 11.5 Å². The number of aromatic nitrogens is 1. The number of piperidine rings is 1. The van der Waals surface area contributed by atoms with E-state index in [0.717, 1.165) is 50.9 Å². The average molecular weight is 288 g/mol. The summed E-state index contributed by atoms with van der Waals surface area (Å²) in [5, 5.41) is 18.4. The predicted octanol–water partition coefficient (Wildman–Crippen LogP) is 1.49. The summed E-state index contributed by atoms with van der Waals surface area (Å²) >= 11 is 0. The maximum atomic E-state index is 10.7. The largest absolute Gasteiger partial charge is 0.390 e. The molecule has 5 nitrogen and oxygen atoms in total. The lowest BCUT2D eigenvalue weighted by atomic mass is 9.71. The third kappa shape index (κ3) is 2.94. The fraction of sp³-hybridized carbons (Fsp3) is 0.625. The van der Waals surface area contributed by atoms with Gasteiger partial charge in [-0.25, -0.2) is 0 Å². The number of likely N-dealkylation sites (tertiary alicyclic amines) is 1. The SMILES string of the molecule is N=C(N)c1ncccc1CN1CCC2(O)CCCCC2C1. The van der Waals surface area contributed by atoms with Crippen molar-refractivity contribution in [3.63, 3.8) is 0 Å². The molecular formula is C16H24N4O. The van der Waals surface area contributed by atoms with Crippen molar-refractivity contribution in [2.24, 2.45) is 11.7 Å². The number of nitrogens with one attached hydrogen (secondary N) is 1. The second kappa shape index (κ2) is 5.73. The molecule has 1 aliphatic carbocycles. The van der Waals surface area contributed by atoms with Gasteiger partial charge in [-0.3, -0.25) is 15.3 Å². The van der Waals surface area contributed by atoms with Crippen LogP contribution in [0.25, 0.3) is 0 Å². The number of hydrogen-bond donors (Lipinski definition) is 3. The minimum Gasteiger partial charge on any atom is -0.390 e. The number of amidine groups is 1. The summed E-state index contributed by atoms with van der Waals surface area (Å²) in [5.41, 5.74) is 6.76. The van der Waals surface area contributed by atoms with E-state index in [1.54, 1.807) is 6.20 Å². The fourth-order valence-electron chi connectivity index (χ4n) is 3.83. The summed E-state index contributed by atoms with van der Waals surface area (Å²) in [7, 11) is 0. The minimum atomic E-state index is -0.437. The molecule has 0 radical (unpaired) electrons. The number of rotatable bonds is 3. The Morgan fingerprint density at radius 1 is 1.48 bits per heavy atom. The molecule has 4 N–H and O–H groups in total. The van der Waals surface area contributed by atoms with Gasteiger partial charge in [0.25, 0.3) is 0 Å². The first-order valence-electron chi connectivity index (χ1n) is 7.81. The maximum absolute atomic E-state index is 10.7. The van der Waals surface area contributed by atoms with E-state index in [-0.39, 0.29) is 5.84 Å². The van der Waals surface area contributed by atoms with E-state index in [1.165, 1.54) is 6.42 Å². The summed E-state index contributed by atoms with van der Waals surface area (Å²) in [4.78, 5) is 6.58. The zero-order valence-corrected chi connectivity index (χ0v) is 12.4. The molecule has 5 heteroatoms. The molecule has 21 heavy (non-hydrogen) atoms. The van der Waals surface area contributed by atoms with Crippen LogP contribution < -0.4 is 5.73 Å². The third-order valence-electron chi connectivity index (χ3n) is 5.05. The van der Waals surface area contributed by atoms with Gasteiger partial charge in [-0.15, -0.1) is 0 Å².